The molecule has 0 aliphatic carbocycles. The monoisotopic (exact) mass is 450 g/mol. The summed E-state index contributed by atoms with van der Waals surface area (Å²) in [5.41, 5.74) is 6.51. The summed E-state index contributed by atoms with van der Waals surface area (Å²) in [5, 5.41) is 0.711. The Morgan fingerprint density at radius 3 is 2.72 bits per heavy atom. The van der Waals surface area contributed by atoms with Gasteiger partial charge in [0.05, 0.1) is 10.7 Å². The maximum absolute atomic E-state index is 10.9. The predicted octanol–water partition coefficient (Wildman–Crippen LogP) is 5.21. The first kappa shape index (κ1) is 22.3. The molecule has 1 aromatic heterocycles. The topological polar surface area (TPSA) is 51.7 Å². The first-order valence-electron chi connectivity index (χ1n) is 10.8. The Bertz CT molecular complexity index is 1120. The molecule has 0 atom stereocenters. The van der Waals surface area contributed by atoms with Crippen molar-refractivity contribution in [2.45, 2.75) is 33.4 Å². The lowest BCUT2D eigenvalue weighted by Gasteiger charge is -2.28. The number of rotatable bonds is 7. The normalized spacial score (nSPS) is 13.5. The van der Waals surface area contributed by atoms with Gasteiger partial charge in [-0.25, -0.2) is 4.98 Å². The van der Waals surface area contributed by atoms with Crippen LogP contribution in [0.1, 0.15) is 29.3 Å². The van der Waals surface area contributed by atoms with Gasteiger partial charge in [-0.2, -0.15) is 0 Å². The number of aromatic nitrogens is 1. The van der Waals surface area contributed by atoms with E-state index in [0.717, 1.165) is 48.4 Å². The number of hydrogen-bond donors (Lipinski definition) is 0. The predicted molar refractivity (Wildman–Crippen MR) is 126 cm³/mol. The van der Waals surface area contributed by atoms with Crippen LogP contribution in [0.3, 0.4) is 0 Å². The van der Waals surface area contributed by atoms with Crippen LogP contribution in [0.15, 0.2) is 54.6 Å². The van der Waals surface area contributed by atoms with Crippen LogP contribution in [-0.4, -0.2) is 35.5 Å². The lowest BCUT2D eigenvalue weighted by atomic mass is 9.99. The third-order valence-corrected chi connectivity index (χ3v) is 6.15. The molecule has 0 spiro atoms. The van der Waals surface area contributed by atoms with Crippen molar-refractivity contribution in [2.24, 2.45) is 0 Å². The molecule has 5 nitrogen and oxygen atoms in total. The van der Waals surface area contributed by atoms with Gasteiger partial charge in [0.1, 0.15) is 13.2 Å². The van der Waals surface area contributed by atoms with Crippen molar-refractivity contribution >= 4 is 17.6 Å². The van der Waals surface area contributed by atoms with Gasteiger partial charge in [-0.15, -0.1) is 0 Å². The van der Waals surface area contributed by atoms with E-state index in [1.807, 2.05) is 36.4 Å². The van der Waals surface area contributed by atoms with Gasteiger partial charge in [0, 0.05) is 50.2 Å². The van der Waals surface area contributed by atoms with E-state index in [0.29, 0.717) is 24.1 Å². The molecule has 1 aliphatic heterocycles. The molecule has 0 radical (unpaired) electrons. The molecule has 0 bridgehead atoms. The summed E-state index contributed by atoms with van der Waals surface area (Å²) < 4.78 is 11.1. The fraction of sp³-hybridized carbons (Fsp3) is 0.308. The van der Waals surface area contributed by atoms with Crippen molar-refractivity contribution in [1.82, 2.24) is 9.88 Å². The minimum atomic E-state index is -0.240. The molecule has 1 aliphatic rings. The molecule has 166 valence electrons. The summed E-state index contributed by atoms with van der Waals surface area (Å²) in [6.07, 6.45) is 0.843. The van der Waals surface area contributed by atoms with Crippen molar-refractivity contribution in [1.29, 1.82) is 0 Å². The van der Waals surface area contributed by atoms with Crippen LogP contribution in [0.2, 0.25) is 5.02 Å². The van der Waals surface area contributed by atoms with E-state index in [4.69, 9.17) is 26.1 Å². The molecule has 0 fully saturated rings. The van der Waals surface area contributed by atoms with Crippen LogP contribution in [-0.2, 0) is 29.1 Å². The molecule has 0 saturated carbocycles. The largest absolute Gasteiger partial charge is 0.473 e. The third-order valence-electron chi connectivity index (χ3n) is 5.70. The Morgan fingerprint density at radius 1 is 1.09 bits per heavy atom. The number of aryl methyl sites for hydroxylation is 1. The van der Waals surface area contributed by atoms with Crippen LogP contribution < -0.4 is 4.74 Å². The van der Waals surface area contributed by atoms with E-state index in [9.17, 15) is 4.79 Å². The second-order valence-electron chi connectivity index (χ2n) is 8.00. The van der Waals surface area contributed by atoms with Crippen LogP contribution in [0.5, 0.6) is 5.88 Å². The number of ether oxygens (including phenoxy) is 2. The van der Waals surface area contributed by atoms with Crippen LogP contribution in [0.25, 0.3) is 11.1 Å². The van der Waals surface area contributed by atoms with E-state index in [1.165, 1.54) is 18.1 Å². The quantitative estimate of drug-likeness (QED) is 0.462. The van der Waals surface area contributed by atoms with Gasteiger partial charge in [-0.1, -0.05) is 60.1 Å². The van der Waals surface area contributed by atoms with Crippen LogP contribution in [0.4, 0.5) is 0 Å². The first-order valence-corrected chi connectivity index (χ1v) is 11.2. The highest BCUT2D eigenvalue weighted by Crippen LogP contribution is 2.33. The van der Waals surface area contributed by atoms with E-state index in [1.54, 1.807) is 0 Å². The molecule has 0 unspecified atom stereocenters. The first-order chi connectivity index (χ1) is 15.5. The summed E-state index contributed by atoms with van der Waals surface area (Å²) in [5.74, 6) is 0.366. The summed E-state index contributed by atoms with van der Waals surface area (Å²) in [6.45, 7) is 6.71. The van der Waals surface area contributed by atoms with Gasteiger partial charge in [-0.05, 0) is 23.6 Å². The summed E-state index contributed by atoms with van der Waals surface area (Å²) in [4.78, 5) is 17.9. The van der Waals surface area contributed by atoms with E-state index in [-0.39, 0.29) is 5.97 Å². The van der Waals surface area contributed by atoms with Gasteiger partial charge >= 0.3 is 5.97 Å². The Kier molecular flexibility index (Phi) is 7.08. The Balaban J connectivity index is 1.41. The van der Waals surface area contributed by atoms with Gasteiger partial charge in [0.2, 0.25) is 5.88 Å². The van der Waals surface area contributed by atoms with Crippen molar-refractivity contribution in [3.63, 3.8) is 0 Å². The van der Waals surface area contributed by atoms with E-state index in [2.05, 4.69) is 30.0 Å². The number of benzene rings is 2. The molecule has 3 aromatic rings. The molecule has 2 heterocycles. The number of pyridine rings is 1. The summed E-state index contributed by atoms with van der Waals surface area (Å²) in [6, 6.07) is 18.2. The summed E-state index contributed by atoms with van der Waals surface area (Å²) in [7, 11) is 0. The molecule has 4 rings (SSSR count). The number of nitrogens with zero attached hydrogens (tertiary/aromatic N) is 2. The van der Waals surface area contributed by atoms with Gasteiger partial charge in [0.15, 0.2) is 0 Å². The van der Waals surface area contributed by atoms with Gasteiger partial charge in [-0.3, -0.25) is 9.69 Å². The Morgan fingerprint density at radius 2 is 1.91 bits per heavy atom. The number of fused-ring (bicyclic) bond motifs is 1. The zero-order valence-electron chi connectivity index (χ0n) is 18.4. The van der Waals surface area contributed by atoms with Crippen LogP contribution in [0, 0.1) is 6.92 Å². The van der Waals surface area contributed by atoms with E-state index >= 15 is 0 Å². The average Bonchev–Trinajstić information content (AvgIpc) is 2.79. The van der Waals surface area contributed by atoms with Gasteiger partial charge < -0.3 is 9.47 Å². The zero-order chi connectivity index (χ0) is 22.5. The lowest BCUT2D eigenvalue weighted by molar-refractivity contribution is -0.141. The van der Waals surface area contributed by atoms with E-state index < -0.39 is 0 Å². The number of carbonyl (C=O) groups is 1. The average molecular weight is 451 g/mol. The molecular formula is C26H27ClN2O3. The molecule has 0 saturated heterocycles. The number of esters is 1. The lowest BCUT2D eigenvalue weighted by Crippen LogP contribution is -2.34. The van der Waals surface area contributed by atoms with Crippen molar-refractivity contribution in [3.05, 3.63) is 82.0 Å². The molecule has 6 heteroatoms. The maximum Gasteiger partial charge on any atom is 0.302 e. The summed E-state index contributed by atoms with van der Waals surface area (Å²) >= 11 is 6.74. The number of carbonyl (C=O) groups excluding carboxylic acids is 1. The molecule has 32 heavy (non-hydrogen) atoms. The standard InChI is InChI=1S/C26H27ClN2O3/c1-18-6-3-4-8-22(18)23-9-5-7-21(26(23)27)17-32-25-11-10-20-16-29(13-12-24(20)28-25)14-15-31-19(2)30/h3-11H,12-17H2,1-2H3. The highest BCUT2D eigenvalue weighted by Gasteiger charge is 2.18. The molecule has 2 aromatic carbocycles. The fourth-order valence-electron chi connectivity index (χ4n) is 3.97. The van der Waals surface area contributed by atoms with Crippen LogP contribution >= 0.6 is 11.6 Å². The fourth-order valence-corrected chi connectivity index (χ4v) is 4.25. The second kappa shape index (κ2) is 10.2. The van der Waals surface area contributed by atoms with Crippen molar-refractivity contribution in [3.8, 4) is 17.0 Å². The minimum absolute atomic E-state index is 0.240. The SMILES string of the molecule is CC(=O)OCCN1CCc2nc(OCc3cccc(-c4ccccc4C)c3Cl)ccc2C1. The number of halogens is 1. The number of hydrogen-bond acceptors (Lipinski definition) is 5. The Labute approximate surface area is 193 Å². The second-order valence-corrected chi connectivity index (χ2v) is 8.38. The third kappa shape index (κ3) is 5.29. The molecule has 0 N–H and O–H groups in total. The maximum atomic E-state index is 10.9. The highest BCUT2D eigenvalue weighted by atomic mass is 35.5. The Hall–Kier alpha value is -2.89. The molecular weight excluding hydrogens is 424 g/mol. The van der Waals surface area contributed by atoms with Crippen molar-refractivity contribution in [2.75, 3.05) is 19.7 Å². The smallest absolute Gasteiger partial charge is 0.302 e. The highest BCUT2D eigenvalue weighted by molar-refractivity contribution is 6.34. The minimum Gasteiger partial charge on any atom is -0.473 e. The zero-order valence-corrected chi connectivity index (χ0v) is 19.2. The molecule has 0 amide bonds. The van der Waals surface area contributed by atoms with Crippen molar-refractivity contribution < 1.29 is 14.3 Å². The van der Waals surface area contributed by atoms with Gasteiger partial charge in [0.25, 0.3) is 0 Å².